The van der Waals surface area contributed by atoms with Gasteiger partial charge in [0.25, 0.3) is 0 Å². The maximum atomic E-state index is 13.8. The van der Waals surface area contributed by atoms with E-state index in [0.717, 1.165) is 38.5 Å². The van der Waals surface area contributed by atoms with Crippen LogP contribution in [0.15, 0.2) is 24.3 Å². The van der Waals surface area contributed by atoms with E-state index in [2.05, 4.69) is 0 Å². The molecule has 2 fully saturated rings. The SMILES string of the molecule is Cl.NC1CCCC(C(=O)N(Cc2ccccc2F)C2CC2)C1. The molecule has 1 amide bonds. The maximum Gasteiger partial charge on any atom is 0.226 e. The van der Waals surface area contributed by atoms with Crippen LogP contribution in [0.3, 0.4) is 0 Å². The van der Waals surface area contributed by atoms with Crippen molar-refractivity contribution in [3.63, 3.8) is 0 Å². The fourth-order valence-corrected chi connectivity index (χ4v) is 3.27. The van der Waals surface area contributed by atoms with Gasteiger partial charge in [-0.25, -0.2) is 4.39 Å². The lowest BCUT2D eigenvalue weighted by molar-refractivity contribution is -0.138. The van der Waals surface area contributed by atoms with Crippen LogP contribution in [0.5, 0.6) is 0 Å². The Morgan fingerprint density at radius 2 is 1.95 bits per heavy atom. The molecule has 1 aromatic rings. The largest absolute Gasteiger partial charge is 0.335 e. The summed E-state index contributed by atoms with van der Waals surface area (Å²) in [7, 11) is 0. The van der Waals surface area contributed by atoms with Gasteiger partial charge in [-0.15, -0.1) is 12.4 Å². The van der Waals surface area contributed by atoms with Gasteiger partial charge in [-0.3, -0.25) is 4.79 Å². The number of hydrogen-bond donors (Lipinski definition) is 1. The molecule has 0 aliphatic heterocycles. The van der Waals surface area contributed by atoms with Gasteiger partial charge in [-0.2, -0.15) is 0 Å². The lowest BCUT2D eigenvalue weighted by Gasteiger charge is -2.31. The quantitative estimate of drug-likeness (QED) is 0.923. The summed E-state index contributed by atoms with van der Waals surface area (Å²) in [6.07, 6.45) is 5.82. The third kappa shape index (κ3) is 3.99. The summed E-state index contributed by atoms with van der Waals surface area (Å²) in [5, 5.41) is 0. The van der Waals surface area contributed by atoms with Crippen molar-refractivity contribution < 1.29 is 9.18 Å². The van der Waals surface area contributed by atoms with E-state index in [1.807, 2.05) is 11.0 Å². The number of amides is 1. The highest BCUT2D eigenvalue weighted by Gasteiger charge is 2.37. The number of carbonyl (C=O) groups excluding carboxylic acids is 1. The highest BCUT2D eigenvalue weighted by Crippen LogP contribution is 2.33. The van der Waals surface area contributed by atoms with Crippen LogP contribution in [0.25, 0.3) is 0 Å². The number of benzene rings is 1. The molecule has 0 radical (unpaired) electrons. The third-order valence-electron chi connectivity index (χ3n) is 4.63. The van der Waals surface area contributed by atoms with Crippen LogP contribution in [0.4, 0.5) is 4.39 Å². The Labute approximate surface area is 137 Å². The average molecular weight is 327 g/mol. The van der Waals surface area contributed by atoms with Crippen LogP contribution in [0.1, 0.15) is 44.1 Å². The second-order valence-corrected chi connectivity index (χ2v) is 6.41. The van der Waals surface area contributed by atoms with Crippen molar-refractivity contribution in [2.45, 2.75) is 57.2 Å². The molecular formula is C17H24ClFN2O. The van der Waals surface area contributed by atoms with Gasteiger partial charge < -0.3 is 10.6 Å². The van der Waals surface area contributed by atoms with Crippen molar-refractivity contribution in [3.05, 3.63) is 35.6 Å². The molecule has 0 heterocycles. The molecule has 5 heteroatoms. The second-order valence-electron chi connectivity index (χ2n) is 6.41. The highest BCUT2D eigenvalue weighted by molar-refractivity contribution is 5.85. The molecule has 2 atom stereocenters. The molecule has 0 spiro atoms. The molecule has 2 N–H and O–H groups in total. The first-order chi connectivity index (χ1) is 10.1. The van der Waals surface area contributed by atoms with Gasteiger partial charge in [0.2, 0.25) is 5.91 Å². The molecule has 2 unspecified atom stereocenters. The summed E-state index contributed by atoms with van der Waals surface area (Å²) < 4.78 is 13.8. The van der Waals surface area contributed by atoms with Gasteiger partial charge >= 0.3 is 0 Å². The number of hydrogen-bond acceptors (Lipinski definition) is 2. The van der Waals surface area contributed by atoms with E-state index in [4.69, 9.17) is 5.73 Å². The zero-order valence-corrected chi connectivity index (χ0v) is 13.5. The zero-order valence-electron chi connectivity index (χ0n) is 12.7. The van der Waals surface area contributed by atoms with Gasteiger partial charge in [0.15, 0.2) is 0 Å². The van der Waals surface area contributed by atoms with E-state index >= 15 is 0 Å². The van der Waals surface area contributed by atoms with Crippen LogP contribution in [-0.2, 0) is 11.3 Å². The van der Waals surface area contributed by atoms with E-state index < -0.39 is 0 Å². The Morgan fingerprint density at radius 1 is 1.23 bits per heavy atom. The van der Waals surface area contributed by atoms with Crippen LogP contribution < -0.4 is 5.73 Å². The standard InChI is InChI=1S/C17H23FN2O.ClH/c18-16-7-2-1-4-13(16)11-20(15-8-9-15)17(21)12-5-3-6-14(19)10-12;/h1-2,4,7,12,14-15H,3,5-6,8-11,19H2;1H. The maximum absolute atomic E-state index is 13.8. The van der Waals surface area contributed by atoms with E-state index in [9.17, 15) is 9.18 Å². The minimum atomic E-state index is -0.226. The molecule has 3 nitrogen and oxygen atoms in total. The molecule has 2 saturated carbocycles. The van der Waals surface area contributed by atoms with Crippen molar-refractivity contribution in [1.82, 2.24) is 4.90 Å². The molecule has 0 saturated heterocycles. The Bertz CT molecular complexity index is 521. The van der Waals surface area contributed by atoms with Crippen molar-refractivity contribution in [1.29, 1.82) is 0 Å². The molecule has 22 heavy (non-hydrogen) atoms. The highest BCUT2D eigenvalue weighted by atomic mass is 35.5. The molecule has 1 aromatic carbocycles. The fraction of sp³-hybridized carbons (Fsp3) is 0.588. The first kappa shape index (κ1) is 17.2. The zero-order chi connectivity index (χ0) is 14.8. The molecule has 122 valence electrons. The predicted octanol–water partition coefficient (Wildman–Crippen LogP) is 3.26. The predicted molar refractivity (Wildman–Crippen MR) is 87.2 cm³/mol. The van der Waals surface area contributed by atoms with Crippen LogP contribution in [-0.4, -0.2) is 22.9 Å². The topological polar surface area (TPSA) is 46.3 Å². The first-order valence-electron chi connectivity index (χ1n) is 7.94. The van der Waals surface area contributed by atoms with Gasteiger partial charge in [-0.1, -0.05) is 24.6 Å². The van der Waals surface area contributed by atoms with Gasteiger partial charge in [0.1, 0.15) is 5.82 Å². The minimum absolute atomic E-state index is 0. The number of nitrogens with two attached hydrogens (primary N) is 1. The van der Waals surface area contributed by atoms with E-state index in [1.165, 1.54) is 6.07 Å². The number of halogens is 2. The van der Waals surface area contributed by atoms with Gasteiger partial charge in [0.05, 0.1) is 0 Å². The van der Waals surface area contributed by atoms with Gasteiger partial charge in [-0.05, 0) is 38.2 Å². The van der Waals surface area contributed by atoms with Gasteiger partial charge in [0, 0.05) is 30.1 Å². The molecular weight excluding hydrogens is 303 g/mol. The lowest BCUT2D eigenvalue weighted by atomic mass is 9.85. The van der Waals surface area contributed by atoms with Crippen LogP contribution >= 0.6 is 12.4 Å². The van der Waals surface area contributed by atoms with E-state index in [-0.39, 0.29) is 36.1 Å². The molecule has 0 aromatic heterocycles. The second kappa shape index (κ2) is 7.42. The Balaban J connectivity index is 0.00000176. The Morgan fingerprint density at radius 3 is 2.59 bits per heavy atom. The number of rotatable bonds is 4. The minimum Gasteiger partial charge on any atom is -0.335 e. The van der Waals surface area contributed by atoms with Crippen molar-refractivity contribution in [2.75, 3.05) is 0 Å². The summed E-state index contributed by atoms with van der Waals surface area (Å²) in [4.78, 5) is 14.7. The Kier molecular flexibility index (Phi) is 5.81. The third-order valence-corrected chi connectivity index (χ3v) is 4.63. The van der Waals surface area contributed by atoms with E-state index in [1.54, 1.807) is 12.1 Å². The fourth-order valence-electron chi connectivity index (χ4n) is 3.27. The average Bonchev–Trinajstić information content (AvgIpc) is 3.30. The number of carbonyl (C=O) groups is 1. The molecule has 3 rings (SSSR count). The van der Waals surface area contributed by atoms with Crippen molar-refractivity contribution >= 4 is 18.3 Å². The van der Waals surface area contributed by atoms with Crippen LogP contribution in [0, 0.1) is 11.7 Å². The lowest BCUT2D eigenvalue weighted by Crippen LogP contribution is -2.41. The van der Waals surface area contributed by atoms with Crippen molar-refractivity contribution in [3.8, 4) is 0 Å². The van der Waals surface area contributed by atoms with E-state index in [0.29, 0.717) is 18.2 Å². The molecule has 2 aliphatic rings. The van der Waals surface area contributed by atoms with Crippen LogP contribution in [0.2, 0.25) is 0 Å². The monoisotopic (exact) mass is 326 g/mol. The molecule has 2 aliphatic carbocycles. The Hall–Kier alpha value is -1.13. The summed E-state index contributed by atoms with van der Waals surface area (Å²) >= 11 is 0. The smallest absolute Gasteiger partial charge is 0.226 e. The number of nitrogens with zero attached hydrogens (tertiary/aromatic N) is 1. The summed E-state index contributed by atoms with van der Waals surface area (Å²) in [6, 6.07) is 7.18. The normalized spacial score (nSPS) is 24.5. The first-order valence-corrected chi connectivity index (χ1v) is 7.94. The van der Waals surface area contributed by atoms with Crippen molar-refractivity contribution in [2.24, 2.45) is 11.7 Å². The molecule has 0 bridgehead atoms. The summed E-state index contributed by atoms with van der Waals surface area (Å²) in [6.45, 7) is 0.391. The summed E-state index contributed by atoms with van der Waals surface area (Å²) in [5.74, 6) is -0.0201. The summed E-state index contributed by atoms with van der Waals surface area (Å²) in [5.41, 5.74) is 6.61.